The minimum absolute atomic E-state index is 0.543. The van der Waals surface area contributed by atoms with E-state index in [1.54, 1.807) is 0 Å². The molecule has 12 aromatic carbocycles. The van der Waals surface area contributed by atoms with Crippen LogP contribution < -0.4 is 20.9 Å². The smallest absolute Gasteiger partial charge is 0.162 e. The van der Waals surface area contributed by atoms with Gasteiger partial charge >= 0.3 is 0 Å². The van der Waals surface area contributed by atoms with Gasteiger partial charge in [0.25, 0.3) is 0 Å². The summed E-state index contributed by atoms with van der Waals surface area (Å²) in [6.45, 7) is 0. The topological polar surface area (TPSA) is 148 Å². The van der Waals surface area contributed by atoms with E-state index in [9.17, 15) is 0 Å². The molecule has 12 aromatic rings. The third-order valence-corrected chi connectivity index (χ3v) is 19.8. The third kappa shape index (κ3) is 8.28. The Hall–Kier alpha value is -12.8. The number of rotatable bonds is 0. The van der Waals surface area contributed by atoms with Gasteiger partial charge in [-0.2, -0.15) is 0 Å². The third-order valence-electron chi connectivity index (χ3n) is 19.8. The first-order valence-corrected chi connectivity index (χ1v) is 32.4. The Morgan fingerprint density at radius 3 is 0.698 bits per heavy atom. The van der Waals surface area contributed by atoms with E-state index in [0.717, 1.165) is 176 Å². The molecule has 10 aliphatic rings. The molecule has 0 radical (unpaired) electrons. The molecule has 96 heavy (non-hydrogen) atoms. The van der Waals surface area contributed by atoms with Crippen molar-refractivity contribution >= 4 is 135 Å². The van der Waals surface area contributed by atoms with Crippen LogP contribution in [0.4, 0.5) is 0 Å². The highest BCUT2D eigenvalue weighted by Gasteiger charge is 2.34. The van der Waals surface area contributed by atoms with E-state index >= 15 is 0 Å². The Kier molecular flexibility index (Phi) is 11.2. The summed E-state index contributed by atoms with van der Waals surface area (Å²) >= 11 is 0. The average Bonchev–Trinajstić information content (AvgIpc) is 1.59. The largest absolute Gasteiger partial charge is 0.232 e. The van der Waals surface area contributed by atoms with Gasteiger partial charge < -0.3 is 0 Å². The molecule has 16 bridgehead atoms. The van der Waals surface area contributed by atoms with Crippen molar-refractivity contribution in [2.75, 3.05) is 0 Å². The Balaban J connectivity index is 0.000000135. The van der Waals surface area contributed by atoms with Crippen LogP contribution in [-0.2, 0) is 0 Å². The van der Waals surface area contributed by atoms with Gasteiger partial charge in [0.05, 0.1) is 45.6 Å². The minimum atomic E-state index is 0.543. The van der Waals surface area contributed by atoms with Crippen molar-refractivity contribution in [3.63, 3.8) is 0 Å². The monoisotopic (exact) mass is 1220 g/mol. The van der Waals surface area contributed by atoms with Gasteiger partial charge in [0, 0.05) is 113 Å². The highest BCUT2D eigenvalue weighted by Crippen LogP contribution is 2.37. The van der Waals surface area contributed by atoms with Crippen LogP contribution in [0.3, 0.4) is 0 Å². The number of hydrogen-bond donors (Lipinski definition) is 0. The first kappa shape index (κ1) is 52.8. The zero-order valence-electron chi connectivity index (χ0n) is 51.3. The summed E-state index contributed by atoms with van der Waals surface area (Å²) in [4.78, 5) is 62.9. The van der Waals surface area contributed by atoms with Gasteiger partial charge in [-0.25, -0.2) is 59.9 Å². The quantitative estimate of drug-likeness (QED) is 0.142. The molecule has 0 saturated carbocycles. The molecule has 6 heterocycles. The molecule has 6 aliphatic heterocycles. The van der Waals surface area contributed by atoms with E-state index in [-0.39, 0.29) is 0 Å². The second kappa shape index (κ2) is 20.3. The highest BCUT2D eigenvalue weighted by atomic mass is 15.1. The average molecular weight is 1230 g/mol. The molecule has 12 nitrogen and oxygen atoms in total. The van der Waals surface area contributed by atoms with Gasteiger partial charge in [-0.1, -0.05) is 194 Å². The molecule has 0 spiro atoms. The maximum atomic E-state index is 5.44. The van der Waals surface area contributed by atoms with E-state index in [1.807, 2.05) is 48.5 Å². The molecule has 0 aromatic heterocycles. The lowest BCUT2D eigenvalue weighted by Crippen LogP contribution is -2.24. The number of aliphatic imine (C=N–C) groups is 12. The van der Waals surface area contributed by atoms with Crippen LogP contribution in [0.1, 0.15) is 92.4 Å². The lowest BCUT2D eigenvalue weighted by Gasteiger charge is -2.06. The van der Waals surface area contributed by atoms with Crippen molar-refractivity contribution in [2.24, 2.45) is 59.9 Å². The molecule has 444 valence electrons. The van der Waals surface area contributed by atoms with Gasteiger partial charge in [-0.05, 0) is 91.6 Å². The first-order chi connectivity index (χ1) is 47.5. The summed E-state index contributed by atoms with van der Waals surface area (Å²) < 4.78 is 0. The Morgan fingerprint density at radius 2 is 0.375 bits per heavy atom. The van der Waals surface area contributed by atoms with E-state index < -0.39 is 0 Å². The fourth-order valence-electron chi connectivity index (χ4n) is 15.2. The number of benzene rings is 12. The molecule has 0 N–H and O–H groups in total. The number of hydrogen-bond acceptors (Lipinski definition) is 12. The normalized spacial score (nSPS) is 16.8. The fraction of sp³-hybridized carbons (Fsp3) is 0.0476. The van der Waals surface area contributed by atoms with Gasteiger partial charge in [-0.15, -0.1) is 0 Å². The summed E-state index contributed by atoms with van der Waals surface area (Å²) in [6.07, 6.45) is 2.28. The van der Waals surface area contributed by atoms with Gasteiger partial charge in [-0.3, -0.25) is 0 Å². The van der Waals surface area contributed by atoms with E-state index in [1.165, 1.54) is 0 Å². The first-order valence-electron chi connectivity index (χ1n) is 32.4. The van der Waals surface area contributed by atoms with Crippen molar-refractivity contribution in [3.8, 4) is 0 Å². The van der Waals surface area contributed by atoms with E-state index in [4.69, 9.17) is 59.9 Å². The van der Waals surface area contributed by atoms with Crippen LogP contribution in [0.5, 0.6) is 0 Å². The summed E-state index contributed by atoms with van der Waals surface area (Å²) in [7, 11) is 0. The van der Waals surface area contributed by atoms with Gasteiger partial charge in [0.15, 0.2) is 46.7 Å². The number of nitrogens with zero attached hydrogens (tertiary/aromatic N) is 12. The summed E-state index contributed by atoms with van der Waals surface area (Å²) in [5, 5.41) is 13.5. The predicted octanol–water partition coefficient (Wildman–Crippen LogP) is 13.4. The molecule has 22 rings (SSSR count). The summed E-state index contributed by atoms with van der Waals surface area (Å²) in [6, 6.07) is 84.8. The minimum Gasteiger partial charge on any atom is -0.232 e. The summed E-state index contributed by atoms with van der Waals surface area (Å²) in [5.41, 5.74) is 19.7. The summed E-state index contributed by atoms with van der Waals surface area (Å²) in [5.74, 6) is 5.43. The SMILES string of the molecule is c1ccc2c(c1)C1=NC3=NC(=NC4=c5ccccc5=C(C4)N=C4N=C(N=C2C1)c1ccccc14)c1ccccc13.c1ccc2cc3c(cc2c1)C1=NC2=NC(=NC4=c5cc6ccccc6cc5=C(C4)N=C4N=C(N=C3C1)c1cc3ccccc3cc14)c1cc3ccccc3cc12. The van der Waals surface area contributed by atoms with Crippen LogP contribution in [0.15, 0.2) is 303 Å². The molecular formula is C84H48N12. The van der Waals surface area contributed by atoms with Crippen LogP contribution in [0.2, 0.25) is 0 Å². The number of fused-ring (bicyclic) bond motifs is 36. The van der Waals surface area contributed by atoms with Crippen LogP contribution in [-0.4, -0.2) is 69.5 Å². The Bertz CT molecular complexity index is 6050. The zero-order valence-corrected chi connectivity index (χ0v) is 51.3. The molecule has 0 saturated heterocycles. The second-order valence-electron chi connectivity index (χ2n) is 25.4. The highest BCUT2D eigenvalue weighted by molar-refractivity contribution is 6.38. The van der Waals surface area contributed by atoms with Crippen molar-refractivity contribution in [1.82, 2.24) is 0 Å². The molecule has 4 aliphatic carbocycles. The molecule has 0 amide bonds. The maximum Gasteiger partial charge on any atom is 0.162 e. The number of amidine groups is 8. The van der Waals surface area contributed by atoms with Crippen LogP contribution in [0, 0.1) is 0 Å². The lowest BCUT2D eigenvalue weighted by atomic mass is 10.0. The van der Waals surface area contributed by atoms with Gasteiger partial charge in [0.2, 0.25) is 0 Å². The van der Waals surface area contributed by atoms with E-state index in [2.05, 4.69) is 194 Å². The predicted molar refractivity (Wildman–Crippen MR) is 391 cm³/mol. The van der Waals surface area contributed by atoms with Crippen molar-refractivity contribution in [1.29, 1.82) is 0 Å². The lowest BCUT2D eigenvalue weighted by molar-refractivity contribution is 1.30. The van der Waals surface area contributed by atoms with Crippen LogP contribution >= 0.6 is 0 Å². The van der Waals surface area contributed by atoms with Crippen molar-refractivity contribution < 1.29 is 0 Å². The van der Waals surface area contributed by atoms with Crippen LogP contribution in [0.25, 0.3) is 65.9 Å². The molecule has 12 heteroatoms. The second-order valence-corrected chi connectivity index (χ2v) is 25.4. The Morgan fingerprint density at radius 1 is 0.156 bits per heavy atom. The molecular weight excluding hydrogens is 1180 g/mol. The molecule has 0 fully saturated rings. The Labute approximate surface area is 548 Å². The van der Waals surface area contributed by atoms with E-state index in [0.29, 0.717) is 72.4 Å². The zero-order chi connectivity index (χ0) is 62.7. The molecule has 0 atom stereocenters. The van der Waals surface area contributed by atoms with Crippen molar-refractivity contribution in [2.45, 2.75) is 25.7 Å². The fourth-order valence-corrected chi connectivity index (χ4v) is 15.2. The standard InChI is InChI=1S/C50H28N6.C34H20N6/c1-2-10-28-18-36-35(17-27(28)9-1)43-25-44(36)52-48-41-23-33-15-7-8-16-34(33)24-42(41)50(56-48)54-46-26-45(37-19-29-11-3-4-12-30(29)20-38(37)46)53-49-40-22-32-14-6-5-13-31(32)21-39(40)47(51-43)55-49;1-2-10-20-19(9-1)27-17-28(20)36-32-25-15-7-8-16-26(25)34(40-32)38-30-18-29(21-11-3-4-12-22(21)30)37-33-24-14-6-5-13-23(24)31(35-27)39-33/h1-24H,25-26H2;1-16H,17-18H2. The molecule has 0 unspecified atom stereocenters. The van der Waals surface area contributed by atoms with Gasteiger partial charge in [0.1, 0.15) is 0 Å². The van der Waals surface area contributed by atoms with Crippen molar-refractivity contribution in [3.05, 3.63) is 330 Å². The maximum absolute atomic E-state index is 5.44.